The molecule has 0 spiro atoms. The van der Waals surface area contributed by atoms with Crippen LogP contribution >= 0.6 is 12.2 Å². The average molecular weight is 168 g/mol. The molecular weight excluding hydrogens is 160 g/mol. The van der Waals surface area contributed by atoms with Gasteiger partial charge in [-0.1, -0.05) is 29.9 Å². The van der Waals surface area contributed by atoms with Gasteiger partial charge in [0.2, 0.25) is 0 Å². The SMILES string of the molecule is CC1=CC(=S)C(C(=O)O)C=C1. The molecule has 0 aromatic carbocycles. The molecule has 0 saturated carbocycles. The summed E-state index contributed by atoms with van der Waals surface area (Å²) in [6, 6.07) is 0. The highest BCUT2D eigenvalue weighted by Gasteiger charge is 2.19. The van der Waals surface area contributed by atoms with Crippen molar-refractivity contribution in [3.05, 3.63) is 23.8 Å². The first kappa shape index (κ1) is 8.14. The third-order valence-electron chi connectivity index (χ3n) is 1.49. The van der Waals surface area contributed by atoms with Gasteiger partial charge in [0.1, 0.15) is 5.92 Å². The van der Waals surface area contributed by atoms with Crippen molar-refractivity contribution >= 4 is 23.1 Å². The second kappa shape index (κ2) is 2.96. The van der Waals surface area contributed by atoms with Crippen LogP contribution in [-0.2, 0) is 4.79 Å². The number of aliphatic carboxylic acids is 1. The number of hydrogen-bond acceptors (Lipinski definition) is 2. The Hall–Kier alpha value is -0.960. The lowest BCUT2D eigenvalue weighted by Gasteiger charge is -2.10. The molecule has 1 aliphatic carbocycles. The Morgan fingerprint density at radius 3 is 2.82 bits per heavy atom. The Bertz CT molecular complexity index is 263. The summed E-state index contributed by atoms with van der Waals surface area (Å²) >= 11 is 4.87. The molecule has 0 aliphatic heterocycles. The van der Waals surface area contributed by atoms with E-state index < -0.39 is 11.9 Å². The number of carbonyl (C=O) groups is 1. The lowest BCUT2D eigenvalue weighted by atomic mass is 9.97. The fourth-order valence-electron chi connectivity index (χ4n) is 0.909. The first-order valence-corrected chi connectivity index (χ1v) is 3.65. The van der Waals surface area contributed by atoms with E-state index in [4.69, 9.17) is 17.3 Å². The second-order valence-electron chi connectivity index (χ2n) is 2.47. The number of allylic oxidation sites excluding steroid dienone is 3. The third-order valence-corrected chi connectivity index (χ3v) is 1.87. The Morgan fingerprint density at radius 1 is 1.73 bits per heavy atom. The summed E-state index contributed by atoms with van der Waals surface area (Å²) in [6.45, 7) is 1.89. The van der Waals surface area contributed by atoms with E-state index in [1.165, 1.54) is 0 Å². The molecule has 11 heavy (non-hydrogen) atoms. The number of thiocarbonyl (C=S) groups is 1. The lowest BCUT2D eigenvalue weighted by Crippen LogP contribution is -2.20. The normalized spacial score (nSPS) is 23.2. The molecule has 1 aliphatic rings. The number of rotatable bonds is 1. The molecule has 1 rings (SSSR count). The average Bonchev–Trinajstić information content (AvgIpc) is 1.85. The lowest BCUT2D eigenvalue weighted by molar-refractivity contribution is -0.137. The predicted octanol–water partition coefficient (Wildman–Crippen LogP) is 1.57. The molecular formula is C8H8O2S. The van der Waals surface area contributed by atoms with E-state index in [0.717, 1.165) is 5.57 Å². The van der Waals surface area contributed by atoms with Crippen molar-refractivity contribution in [3.8, 4) is 0 Å². The second-order valence-corrected chi connectivity index (χ2v) is 2.94. The van der Waals surface area contributed by atoms with Gasteiger partial charge < -0.3 is 5.11 Å². The zero-order valence-corrected chi connectivity index (χ0v) is 6.89. The zero-order valence-electron chi connectivity index (χ0n) is 6.07. The molecule has 1 N–H and O–H groups in total. The quantitative estimate of drug-likeness (QED) is 0.604. The summed E-state index contributed by atoms with van der Waals surface area (Å²) in [6.07, 6.45) is 5.10. The molecule has 2 nitrogen and oxygen atoms in total. The number of carboxylic acids is 1. The van der Waals surface area contributed by atoms with Gasteiger partial charge in [0.25, 0.3) is 0 Å². The maximum absolute atomic E-state index is 10.5. The van der Waals surface area contributed by atoms with Gasteiger partial charge in [0, 0.05) is 4.86 Å². The van der Waals surface area contributed by atoms with Crippen LogP contribution < -0.4 is 0 Å². The predicted molar refractivity (Wildman–Crippen MR) is 46.6 cm³/mol. The van der Waals surface area contributed by atoms with E-state index in [9.17, 15) is 4.79 Å². The highest BCUT2D eigenvalue weighted by molar-refractivity contribution is 7.80. The van der Waals surface area contributed by atoms with Gasteiger partial charge in [0.05, 0.1) is 0 Å². The van der Waals surface area contributed by atoms with Crippen molar-refractivity contribution in [2.45, 2.75) is 6.92 Å². The highest BCUT2D eigenvalue weighted by atomic mass is 32.1. The number of carboxylic acid groups (broad SMARTS) is 1. The van der Waals surface area contributed by atoms with Gasteiger partial charge >= 0.3 is 5.97 Å². The summed E-state index contributed by atoms with van der Waals surface area (Å²) in [7, 11) is 0. The Kier molecular flexibility index (Phi) is 2.19. The number of hydrogen-bond donors (Lipinski definition) is 1. The van der Waals surface area contributed by atoms with Gasteiger partial charge in [-0.3, -0.25) is 4.79 Å². The van der Waals surface area contributed by atoms with E-state index in [0.29, 0.717) is 4.86 Å². The van der Waals surface area contributed by atoms with E-state index in [1.807, 2.05) is 6.92 Å². The monoisotopic (exact) mass is 168 g/mol. The molecule has 1 unspecified atom stereocenters. The maximum atomic E-state index is 10.5. The molecule has 0 aromatic rings. The Labute approximate surface area is 70.2 Å². The van der Waals surface area contributed by atoms with E-state index >= 15 is 0 Å². The van der Waals surface area contributed by atoms with E-state index in [-0.39, 0.29) is 0 Å². The Morgan fingerprint density at radius 2 is 2.36 bits per heavy atom. The van der Waals surface area contributed by atoms with Gasteiger partial charge in [-0.05, 0) is 13.0 Å². The minimum Gasteiger partial charge on any atom is -0.481 e. The van der Waals surface area contributed by atoms with Crippen molar-refractivity contribution < 1.29 is 9.90 Å². The molecule has 58 valence electrons. The first-order chi connectivity index (χ1) is 5.11. The molecule has 0 amide bonds. The summed E-state index contributed by atoms with van der Waals surface area (Å²) in [5, 5.41) is 8.63. The molecule has 0 radical (unpaired) electrons. The molecule has 0 aromatic heterocycles. The molecule has 0 saturated heterocycles. The van der Waals surface area contributed by atoms with Crippen LogP contribution in [0.25, 0.3) is 0 Å². The largest absolute Gasteiger partial charge is 0.481 e. The van der Waals surface area contributed by atoms with Crippen molar-refractivity contribution in [1.29, 1.82) is 0 Å². The van der Waals surface area contributed by atoms with E-state index in [1.54, 1.807) is 18.2 Å². The standard InChI is InChI=1S/C8H8O2S/c1-5-2-3-6(8(9)10)7(11)4-5/h2-4,6H,1H3,(H,9,10). The fraction of sp³-hybridized carbons (Fsp3) is 0.250. The smallest absolute Gasteiger partial charge is 0.315 e. The van der Waals surface area contributed by atoms with Crippen LogP contribution in [0.3, 0.4) is 0 Å². The first-order valence-electron chi connectivity index (χ1n) is 3.24. The molecule has 3 heteroatoms. The van der Waals surface area contributed by atoms with E-state index in [2.05, 4.69) is 0 Å². The third kappa shape index (κ3) is 1.74. The van der Waals surface area contributed by atoms with Crippen molar-refractivity contribution in [3.63, 3.8) is 0 Å². The summed E-state index contributed by atoms with van der Waals surface area (Å²) < 4.78 is 0. The molecule has 0 heterocycles. The van der Waals surface area contributed by atoms with Crippen molar-refractivity contribution in [2.75, 3.05) is 0 Å². The van der Waals surface area contributed by atoms with Crippen molar-refractivity contribution in [2.24, 2.45) is 5.92 Å². The Balaban J connectivity index is 2.86. The van der Waals surface area contributed by atoms with Crippen LogP contribution in [0.5, 0.6) is 0 Å². The van der Waals surface area contributed by atoms with Gasteiger partial charge in [0.15, 0.2) is 0 Å². The van der Waals surface area contributed by atoms with Crippen LogP contribution in [0.4, 0.5) is 0 Å². The van der Waals surface area contributed by atoms with Crippen LogP contribution in [0.1, 0.15) is 6.92 Å². The van der Waals surface area contributed by atoms with Crippen LogP contribution in [0, 0.1) is 5.92 Å². The molecule has 0 fully saturated rings. The summed E-state index contributed by atoms with van der Waals surface area (Å²) in [4.78, 5) is 11.0. The van der Waals surface area contributed by atoms with Crippen LogP contribution in [0.15, 0.2) is 23.8 Å². The molecule has 0 bridgehead atoms. The minimum atomic E-state index is -0.880. The van der Waals surface area contributed by atoms with Gasteiger partial charge in [-0.25, -0.2) is 0 Å². The zero-order chi connectivity index (χ0) is 8.43. The highest BCUT2D eigenvalue weighted by Crippen LogP contribution is 2.14. The van der Waals surface area contributed by atoms with Crippen molar-refractivity contribution in [1.82, 2.24) is 0 Å². The fourth-order valence-corrected chi connectivity index (χ4v) is 1.27. The molecule has 1 atom stereocenters. The topological polar surface area (TPSA) is 37.3 Å². The summed E-state index contributed by atoms with van der Waals surface area (Å²) in [5.41, 5.74) is 1.01. The van der Waals surface area contributed by atoms with Crippen LogP contribution in [-0.4, -0.2) is 15.9 Å². The maximum Gasteiger partial charge on any atom is 0.315 e. The minimum absolute atomic E-state index is 0.484. The van der Waals surface area contributed by atoms with Crippen LogP contribution in [0.2, 0.25) is 0 Å². The summed E-state index contributed by atoms with van der Waals surface area (Å²) in [5.74, 6) is -1.48. The van der Waals surface area contributed by atoms with Gasteiger partial charge in [-0.15, -0.1) is 0 Å². The van der Waals surface area contributed by atoms with Gasteiger partial charge in [-0.2, -0.15) is 0 Å².